The molecule has 2 aromatic rings. The molecule has 7 nitrogen and oxygen atoms in total. The first kappa shape index (κ1) is 23.5. The lowest BCUT2D eigenvalue weighted by atomic mass is 9.65. The van der Waals surface area contributed by atoms with Gasteiger partial charge < -0.3 is 16.0 Å². The molecular weight excluding hydrogens is 412 g/mol. The molecule has 3 N–H and O–H groups in total. The van der Waals surface area contributed by atoms with Gasteiger partial charge in [0, 0.05) is 38.3 Å². The first-order chi connectivity index (χ1) is 15.8. The minimum atomic E-state index is -0.416. The lowest BCUT2D eigenvalue weighted by Crippen LogP contribution is -2.50. The van der Waals surface area contributed by atoms with E-state index in [-0.39, 0.29) is 11.0 Å². The first-order valence-corrected chi connectivity index (χ1v) is 12.0. The third kappa shape index (κ3) is 4.99. The molecule has 0 spiro atoms. The van der Waals surface area contributed by atoms with E-state index in [4.69, 9.17) is 5.73 Å². The molecule has 1 aromatic carbocycles. The molecule has 1 aliphatic heterocycles. The third-order valence-corrected chi connectivity index (χ3v) is 7.74. The number of rotatable bonds is 6. The molecule has 2 aliphatic rings. The number of nitrogens with zero attached hydrogens (tertiary/aromatic N) is 4. The highest BCUT2D eigenvalue weighted by Gasteiger charge is 2.44. The molecular formula is C26H38N6O. The van der Waals surface area contributed by atoms with Crippen molar-refractivity contribution in [1.29, 1.82) is 0 Å². The van der Waals surface area contributed by atoms with Gasteiger partial charge in [-0.2, -0.15) is 0 Å². The topological polar surface area (TPSA) is 77.7 Å². The zero-order valence-corrected chi connectivity index (χ0v) is 20.3. The first-order valence-electron chi connectivity index (χ1n) is 12.0. The molecule has 1 aromatic heterocycles. The van der Waals surface area contributed by atoms with Crippen molar-refractivity contribution in [2.45, 2.75) is 38.1 Å². The summed E-state index contributed by atoms with van der Waals surface area (Å²) in [6, 6.07) is 14.4. The van der Waals surface area contributed by atoms with Gasteiger partial charge in [-0.25, -0.2) is 9.78 Å². The van der Waals surface area contributed by atoms with E-state index in [0.717, 1.165) is 63.4 Å². The maximum atomic E-state index is 12.5. The number of hydrogen-bond acceptors (Lipinski definition) is 5. The number of carbonyl (C=O) groups excluding carboxylic acids is 1. The SMILES string of the molecule is CN(C)C1(c2ccccc2)CCC(C)(CN(C(N)=O)c2ccc(N3CCNCC3)nc2)CC1. The Labute approximate surface area is 198 Å². The molecule has 0 radical (unpaired) electrons. The van der Waals surface area contributed by atoms with Crippen LogP contribution in [0.2, 0.25) is 0 Å². The Morgan fingerprint density at radius 1 is 1.06 bits per heavy atom. The van der Waals surface area contributed by atoms with Gasteiger partial charge in [-0.3, -0.25) is 9.80 Å². The maximum absolute atomic E-state index is 12.5. The minimum absolute atomic E-state index is 0.000527. The molecule has 4 rings (SSSR count). The fourth-order valence-corrected chi connectivity index (χ4v) is 5.46. The number of hydrogen-bond donors (Lipinski definition) is 2. The van der Waals surface area contributed by atoms with Crippen LogP contribution in [-0.2, 0) is 5.54 Å². The second kappa shape index (κ2) is 9.69. The van der Waals surface area contributed by atoms with E-state index in [2.05, 4.69) is 71.5 Å². The summed E-state index contributed by atoms with van der Waals surface area (Å²) >= 11 is 0. The van der Waals surface area contributed by atoms with Crippen LogP contribution < -0.4 is 20.9 Å². The fourth-order valence-electron chi connectivity index (χ4n) is 5.46. The molecule has 2 amide bonds. The molecule has 2 fully saturated rings. The van der Waals surface area contributed by atoms with Gasteiger partial charge in [0.15, 0.2) is 0 Å². The number of carbonyl (C=O) groups is 1. The van der Waals surface area contributed by atoms with Gasteiger partial charge in [-0.15, -0.1) is 0 Å². The number of nitrogens with one attached hydrogen (secondary N) is 1. The zero-order valence-electron chi connectivity index (χ0n) is 20.3. The molecule has 1 saturated carbocycles. The number of primary amides is 1. The lowest BCUT2D eigenvalue weighted by molar-refractivity contribution is 0.0459. The van der Waals surface area contributed by atoms with Crippen molar-refractivity contribution in [2.24, 2.45) is 11.1 Å². The van der Waals surface area contributed by atoms with E-state index in [0.29, 0.717) is 6.54 Å². The number of benzene rings is 1. The number of pyridine rings is 1. The van der Waals surface area contributed by atoms with Crippen LogP contribution in [0.25, 0.3) is 0 Å². The van der Waals surface area contributed by atoms with E-state index < -0.39 is 6.03 Å². The van der Waals surface area contributed by atoms with Crippen molar-refractivity contribution < 1.29 is 4.79 Å². The van der Waals surface area contributed by atoms with Crippen molar-refractivity contribution in [3.05, 3.63) is 54.2 Å². The molecule has 0 unspecified atom stereocenters. The summed E-state index contributed by atoms with van der Waals surface area (Å²) in [5, 5.41) is 3.36. The highest BCUT2D eigenvalue weighted by molar-refractivity contribution is 5.90. The summed E-state index contributed by atoms with van der Waals surface area (Å²) in [5.41, 5.74) is 8.03. The van der Waals surface area contributed by atoms with Crippen molar-refractivity contribution in [1.82, 2.24) is 15.2 Å². The van der Waals surface area contributed by atoms with Crippen LogP contribution in [0.4, 0.5) is 16.3 Å². The van der Waals surface area contributed by atoms with Gasteiger partial charge in [0.2, 0.25) is 0 Å². The minimum Gasteiger partial charge on any atom is -0.354 e. The Bertz CT molecular complexity index is 916. The van der Waals surface area contributed by atoms with Gasteiger partial charge in [0.05, 0.1) is 11.9 Å². The van der Waals surface area contributed by atoms with Gasteiger partial charge in [-0.05, 0) is 62.9 Å². The molecule has 2 heterocycles. The van der Waals surface area contributed by atoms with E-state index in [1.54, 1.807) is 11.1 Å². The molecule has 178 valence electrons. The quantitative estimate of drug-likeness (QED) is 0.705. The van der Waals surface area contributed by atoms with Crippen LogP contribution in [0.1, 0.15) is 38.2 Å². The highest BCUT2D eigenvalue weighted by Crippen LogP contribution is 2.48. The van der Waals surface area contributed by atoms with Crippen LogP contribution in [-0.4, -0.2) is 62.7 Å². The summed E-state index contributed by atoms with van der Waals surface area (Å²) in [5.74, 6) is 0.951. The molecule has 0 bridgehead atoms. The van der Waals surface area contributed by atoms with Crippen LogP contribution in [0.5, 0.6) is 0 Å². The third-order valence-electron chi connectivity index (χ3n) is 7.74. The van der Waals surface area contributed by atoms with Crippen LogP contribution >= 0.6 is 0 Å². The van der Waals surface area contributed by atoms with Gasteiger partial charge in [0.1, 0.15) is 5.82 Å². The average molecular weight is 451 g/mol. The summed E-state index contributed by atoms with van der Waals surface area (Å²) < 4.78 is 0. The molecule has 7 heteroatoms. The van der Waals surface area contributed by atoms with E-state index in [9.17, 15) is 4.79 Å². The number of amides is 2. The van der Waals surface area contributed by atoms with E-state index in [1.165, 1.54) is 5.56 Å². The second-order valence-corrected chi connectivity index (χ2v) is 10.1. The number of aromatic nitrogens is 1. The summed E-state index contributed by atoms with van der Waals surface area (Å²) in [7, 11) is 4.36. The predicted molar refractivity (Wildman–Crippen MR) is 135 cm³/mol. The Morgan fingerprint density at radius 2 is 1.73 bits per heavy atom. The van der Waals surface area contributed by atoms with Crippen molar-refractivity contribution in [2.75, 3.05) is 56.6 Å². The Kier molecular flexibility index (Phi) is 6.91. The monoisotopic (exact) mass is 450 g/mol. The molecule has 1 saturated heterocycles. The fraction of sp³-hybridized carbons (Fsp3) is 0.538. The van der Waals surface area contributed by atoms with Crippen molar-refractivity contribution in [3.63, 3.8) is 0 Å². The normalized spacial score (nSPS) is 25.8. The summed E-state index contributed by atoms with van der Waals surface area (Å²) in [4.78, 5) is 23.4. The molecule has 1 aliphatic carbocycles. The van der Waals surface area contributed by atoms with E-state index in [1.807, 2.05) is 12.1 Å². The van der Waals surface area contributed by atoms with Gasteiger partial charge in [0.25, 0.3) is 0 Å². The van der Waals surface area contributed by atoms with Crippen LogP contribution in [0, 0.1) is 5.41 Å². The molecule has 33 heavy (non-hydrogen) atoms. The van der Waals surface area contributed by atoms with Crippen LogP contribution in [0.3, 0.4) is 0 Å². The Balaban J connectivity index is 1.47. The second-order valence-electron chi connectivity index (χ2n) is 10.1. The highest BCUT2D eigenvalue weighted by atomic mass is 16.2. The molecule has 0 atom stereocenters. The Hall–Kier alpha value is -2.64. The Morgan fingerprint density at radius 3 is 2.27 bits per heavy atom. The zero-order chi connectivity index (χ0) is 23.5. The average Bonchev–Trinajstić information content (AvgIpc) is 2.84. The van der Waals surface area contributed by atoms with Gasteiger partial charge in [-0.1, -0.05) is 37.3 Å². The number of anilines is 2. The standard InChI is InChI=1S/C26H38N6O/c1-25(11-13-26(14-12-25,30(2)3)21-7-5-4-6-8-21)20-32(24(27)33)22-9-10-23(29-19-22)31-17-15-28-16-18-31/h4-10,19,28H,11-18,20H2,1-3H3,(H2,27,33). The maximum Gasteiger partial charge on any atom is 0.319 e. The lowest BCUT2D eigenvalue weighted by Gasteiger charge is -2.50. The van der Waals surface area contributed by atoms with Gasteiger partial charge >= 0.3 is 6.03 Å². The van der Waals surface area contributed by atoms with Crippen molar-refractivity contribution in [3.8, 4) is 0 Å². The number of urea groups is 1. The number of piperazine rings is 1. The van der Waals surface area contributed by atoms with Crippen molar-refractivity contribution >= 4 is 17.5 Å². The predicted octanol–water partition coefficient (Wildman–Crippen LogP) is 3.41. The van der Waals surface area contributed by atoms with Crippen LogP contribution in [0.15, 0.2) is 48.7 Å². The smallest absolute Gasteiger partial charge is 0.319 e. The number of nitrogens with two attached hydrogens (primary N) is 1. The summed E-state index contributed by atoms with van der Waals surface area (Å²) in [6.45, 7) is 6.71. The summed E-state index contributed by atoms with van der Waals surface area (Å²) in [6.07, 6.45) is 5.94. The largest absolute Gasteiger partial charge is 0.354 e. The van der Waals surface area contributed by atoms with E-state index >= 15 is 0 Å².